The standard InChI is InChI=1S/C15H23FN2/c1-2-18(13-8-4-3-5-9-13)11-12-7-6-10-14(16)15(12)17/h6-7,10,13H,2-5,8-9,11,17H2,1H3. The zero-order chi connectivity index (χ0) is 13.0. The van der Waals surface area contributed by atoms with Crippen molar-refractivity contribution in [2.24, 2.45) is 0 Å². The molecule has 2 N–H and O–H groups in total. The summed E-state index contributed by atoms with van der Waals surface area (Å²) in [7, 11) is 0. The Balaban J connectivity index is 2.07. The van der Waals surface area contributed by atoms with Crippen molar-refractivity contribution in [2.45, 2.75) is 51.6 Å². The molecule has 0 aliphatic heterocycles. The zero-order valence-electron chi connectivity index (χ0n) is 11.2. The van der Waals surface area contributed by atoms with Gasteiger partial charge in [-0.1, -0.05) is 38.3 Å². The van der Waals surface area contributed by atoms with Crippen molar-refractivity contribution < 1.29 is 4.39 Å². The Kier molecular flexibility index (Phi) is 4.59. The first-order chi connectivity index (χ1) is 8.72. The highest BCUT2D eigenvalue weighted by molar-refractivity contribution is 5.47. The molecular weight excluding hydrogens is 227 g/mol. The molecule has 0 aromatic heterocycles. The average Bonchev–Trinajstić information content (AvgIpc) is 2.41. The van der Waals surface area contributed by atoms with E-state index in [0.29, 0.717) is 11.7 Å². The van der Waals surface area contributed by atoms with E-state index >= 15 is 0 Å². The summed E-state index contributed by atoms with van der Waals surface area (Å²) in [5, 5.41) is 0. The Morgan fingerprint density at radius 2 is 2.00 bits per heavy atom. The number of benzene rings is 1. The molecule has 100 valence electrons. The molecule has 2 nitrogen and oxygen atoms in total. The second-order valence-corrected chi connectivity index (χ2v) is 5.17. The molecule has 0 saturated heterocycles. The lowest BCUT2D eigenvalue weighted by Gasteiger charge is -2.33. The summed E-state index contributed by atoms with van der Waals surface area (Å²) in [6.07, 6.45) is 6.53. The van der Waals surface area contributed by atoms with Crippen molar-refractivity contribution in [3.05, 3.63) is 29.6 Å². The molecule has 1 fully saturated rings. The van der Waals surface area contributed by atoms with Crippen molar-refractivity contribution >= 4 is 5.69 Å². The number of hydrogen-bond acceptors (Lipinski definition) is 2. The summed E-state index contributed by atoms with van der Waals surface area (Å²) in [5.74, 6) is -0.299. The van der Waals surface area contributed by atoms with Crippen molar-refractivity contribution in [2.75, 3.05) is 12.3 Å². The van der Waals surface area contributed by atoms with Gasteiger partial charge in [0.2, 0.25) is 0 Å². The van der Waals surface area contributed by atoms with Gasteiger partial charge in [-0.3, -0.25) is 4.90 Å². The fourth-order valence-electron chi connectivity index (χ4n) is 2.88. The number of halogens is 1. The van der Waals surface area contributed by atoms with Gasteiger partial charge in [-0.2, -0.15) is 0 Å². The first kappa shape index (κ1) is 13.3. The predicted octanol–water partition coefficient (Wildman–Crippen LogP) is 3.56. The van der Waals surface area contributed by atoms with E-state index in [9.17, 15) is 4.39 Å². The van der Waals surface area contributed by atoms with Crippen LogP contribution in [0, 0.1) is 5.82 Å². The largest absolute Gasteiger partial charge is 0.396 e. The van der Waals surface area contributed by atoms with Gasteiger partial charge < -0.3 is 5.73 Å². The number of rotatable bonds is 4. The third kappa shape index (κ3) is 3.02. The molecule has 0 spiro atoms. The van der Waals surface area contributed by atoms with Crippen LogP contribution in [0.1, 0.15) is 44.6 Å². The number of nitrogens with two attached hydrogens (primary N) is 1. The Labute approximate surface area is 109 Å². The van der Waals surface area contributed by atoms with Crippen LogP contribution >= 0.6 is 0 Å². The first-order valence-corrected chi connectivity index (χ1v) is 6.99. The normalized spacial score (nSPS) is 17.3. The van der Waals surface area contributed by atoms with E-state index in [-0.39, 0.29) is 5.82 Å². The summed E-state index contributed by atoms with van der Waals surface area (Å²) < 4.78 is 13.4. The molecular formula is C15H23FN2. The lowest BCUT2D eigenvalue weighted by molar-refractivity contribution is 0.156. The van der Waals surface area contributed by atoms with E-state index in [1.165, 1.54) is 38.2 Å². The number of nitrogen functional groups attached to an aromatic ring is 1. The minimum absolute atomic E-state index is 0.299. The zero-order valence-corrected chi connectivity index (χ0v) is 11.2. The molecule has 1 aliphatic carbocycles. The maximum absolute atomic E-state index is 13.4. The third-order valence-electron chi connectivity index (χ3n) is 4.01. The van der Waals surface area contributed by atoms with Gasteiger partial charge in [0, 0.05) is 12.6 Å². The summed E-state index contributed by atoms with van der Waals surface area (Å²) in [6, 6.07) is 5.75. The van der Waals surface area contributed by atoms with E-state index in [4.69, 9.17) is 5.73 Å². The van der Waals surface area contributed by atoms with Gasteiger partial charge >= 0.3 is 0 Å². The lowest BCUT2D eigenvalue weighted by Crippen LogP contribution is -2.36. The molecule has 18 heavy (non-hydrogen) atoms. The van der Waals surface area contributed by atoms with E-state index < -0.39 is 0 Å². The van der Waals surface area contributed by atoms with Crippen LogP contribution in [0.25, 0.3) is 0 Å². The smallest absolute Gasteiger partial charge is 0.146 e. The van der Waals surface area contributed by atoms with Crippen molar-refractivity contribution in [1.82, 2.24) is 4.90 Å². The summed E-state index contributed by atoms with van der Waals surface area (Å²) in [4.78, 5) is 2.43. The number of hydrogen-bond donors (Lipinski definition) is 1. The maximum atomic E-state index is 13.4. The van der Waals surface area contributed by atoms with Gasteiger partial charge in [-0.05, 0) is 31.0 Å². The van der Waals surface area contributed by atoms with Crippen LogP contribution in [0.15, 0.2) is 18.2 Å². The van der Waals surface area contributed by atoms with Crippen LogP contribution in [-0.4, -0.2) is 17.5 Å². The number of anilines is 1. The molecule has 0 radical (unpaired) electrons. The molecule has 0 unspecified atom stereocenters. The van der Waals surface area contributed by atoms with Gasteiger partial charge in [-0.15, -0.1) is 0 Å². The van der Waals surface area contributed by atoms with Crippen molar-refractivity contribution in [1.29, 1.82) is 0 Å². The molecule has 1 saturated carbocycles. The second kappa shape index (κ2) is 6.19. The molecule has 0 atom stereocenters. The van der Waals surface area contributed by atoms with Crippen molar-refractivity contribution in [3.63, 3.8) is 0 Å². The van der Waals surface area contributed by atoms with Gasteiger partial charge in [0.15, 0.2) is 0 Å². The molecule has 1 aliphatic rings. The van der Waals surface area contributed by atoms with Gasteiger partial charge in [0.25, 0.3) is 0 Å². The maximum Gasteiger partial charge on any atom is 0.146 e. The second-order valence-electron chi connectivity index (χ2n) is 5.17. The molecule has 2 rings (SSSR count). The first-order valence-electron chi connectivity index (χ1n) is 6.99. The van der Waals surface area contributed by atoms with Crippen LogP contribution in [0.3, 0.4) is 0 Å². The van der Waals surface area contributed by atoms with Crippen LogP contribution in [0.4, 0.5) is 10.1 Å². The Morgan fingerprint density at radius 1 is 1.28 bits per heavy atom. The summed E-state index contributed by atoms with van der Waals surface area (Å²) in [6.45, 7) is 3.94. The van der Waals surface area contributed by atoms with E-state index in [0.717, 1.165) is 18.7 Å². The van der Waals surface area contributed by atoms with Gasteiger partial charge in [0.05, 0.1) is 5.69 Å². The monoisotopic (exact) mass is 250 g/mol. The highest BCUT2D eigenvalue weighted by Crippen LogP contribution is 2.25. The topological polar surface area (TPSA) is 29.3 Å². The van der Waals surface area contributed by atoms with E-state index in [1.807, 2.05) is 6.07 Å². The summed E-state index contributed by atoms with van der Waals surface area (Å²) in [5.41, 5.74) is 7.04. The third-order valence-corrected chi connectivity index (χ3v) is 4.01. The van der Waals surface area contributed by atoms with E-state index in [2.05, 4.69) is 11.8 Å². The Bertz CT molecular complexity index is 386. The summed E-state index contributed by atoms with van der Waals surface area (Å²) >= 11 is 0. The minimum Gasteiger partial charge on any atom is -0.396 e. The number of para-hydroxylation sites is 1. The fourth-order valence-corrected chi connectivity index (χ4v) is 2.88. The Hall–Kier alpha value is -1.09. The van der Waals surface area contributed by atoms with Gasteiger partial charge in [-0.25, -0.2) is 4.39 Å². The fraction of sp³-hybridized carbons (Fsp3) is 0.600. The van der Waals surface area contributed by atoms with Crippen LogP contribution < -0.4 is 5.73 Å². The predicted molar refractivity (Wildman–Crippen MR) is 73.8 cm³/mol. The minimum atomic E-state index is -0.299. The van der Waals surface area contributed by atoms with Crippen LogP contribution in [0.2, 0.25) is 0 Å². The molecule has 0 bridgehead atoms. The van der Waals surface area contributed by atoms with Crippen molar-refractivity contribution in [3.8, 4) is 0 Å². The molecule has 3 heteroatoms. The SMILES string of the molecule is CCN(Cc1cccc(F)c1N)C1CCCCC1. The average molecular weight is 250 g/mol. The highest BCUT2D eigenvalue weighted by atomic mass is 19.1. The highest BCUT2D eigenvalue weighted by Gasteiger charge is 2.20. The molecule has 0 amide bonds. The Morgan fingerprint density at radius 3 is 2.67 bits per heavy atom. The van der Waals surface area contributed by atoms with Gasteiger partial charge in [0.1, 0.15) is 5.82 Å². The van der Waals surface area contributed by atoms with Crippen LogP contribution in [-0.2, 0) is 6.54 Å². The molecule has 1 aromatic rings. The molecule has 1 aromatic carbocycles. The van der Waals surface area contributed by atoms with E-state index in [1.54, 1.807) is 6.07 Å². The number of nitrogens with zero attached hydrogens (tertiary/aromatic N) is 1. The van der Waals surface area contributed by atoms with Crippen LogP contribution in [0.5, 0.6) is 0 Å². The lowest BCUT2D eigenvalue weighted by atomic mass is 9.94. The molecule has 0 heterocycles. The quantitative estimate of drug-likeness (QED) is 0.828.